The van der Waals surface area contributed by atoms with E-state index in [4.69, 9.17) is 10.5 Å². The van der Waals surface area contributed by atoms with Crippen molar-refractivity contribution in [3.8, 4) is 11.3 Å². The number of aromatic nitrogens is 3. The summed E-state index contributed by atoms with van der Waals surface area (Å²) in [7, 11) is -1.16. The van der Waals surface area contributed by atoms with E-state index in [2.05, 4.69) is 42.6 Å². The van der Waals surface area contributed by atoms with Gasteiger partial charge in [0.1, 0.15) is 18.7 Å². The topological polar surface area (TPSA) is 83.0 Å². The second-order valence-electron chi connectivity index (χ2n) is 8.46. The van der Waals surface area contributed by atoms with Gasteiger partial charge in [-0.2, -0.15) is 0 Å². The molecule has 0 spiro atoms. The van der Waals surface area contributed by atoms with Gasteiger partial charge >= 0.3 is 0 Å². The van der Waals surface area contributed by atoms with Gasteiger partial charge in [0.05, 0.1) is 16.6 Å². The third kappa shape index (κ3) is 4.31. The average Bonchev–Trinajstić information content (AvgIpc) is 2.97. The van der Waals surface area contributed by atoms with Crippen LogP contribution in [-0.4, -0.2) is 35.1 Å². The number of benzene rings is 1. The van der Waals surface area contributed by atoms with E-state index in [0.29, 0.717) is 29.9 Å². The third-order valence-corrected chi connectivity index (χ3v) is 6.49. The van der Waals surface area contributed by atoms with Crippen LogP contribution in [0.25, 0.3) is 22.3 Å². The predicted molar refractivity (Wildman–Crippen MR) is 115 cm³/mol. The van der Waals surface area contributed by atoms with Gasteiger partial charge < -0.3 is 15.0 Å². The first-order valence-corrected chi connectivity index (χ1v) is 13.2. The van der Waals surface area contributed by atoms with E-state index < -0.39 is 14.0 Å². The van der Waals surface area contributed by atoms with Crippen molar-refractivity contribution in [2.24, 2.45) is 5.73 Å². The van der Waals surface area contributed by atoms with Crippen molar-refractivity contribution in [2.75, 3.05) is 6.61 Å². The van der Waals surface area contributed by atoms with Crippen molar-refractivity contribution in [3.05, 3.63) is 47.4 Å². The molecule has 2 N–H and O–H groups in total. The van der Waals surface area contributed by atoms with Crippen molar-refractivity contribution < 1.29 is 9.53 Å². The van der Waals surface area contributed by atoms with Crippen LogP contribution in [0.15, 0.2) is 30.7 Å². The number of nitrogens with two attached hydrogens (primary N) is 1. The molecule has 0 radical (unpaired) electrons. The maximum absolute atomic E-state index is 12.1. The first-order valence-electron chi connectivity index (χ1n) is 9.46. The molecule has 0 aliphatic heterocycles. The lowest BCUT2D eigenvalue weighted by molar-refractivity contribution is 0.0895. The van der Waals surface area contributed by atoms with Crippen LogP contribution >= 0.6 is 0 Å². The molecular weight excluding hydrogens is 368 g/mol. The van der Waals surface area contributed by atoms with Crippen LogP contribution in [0.2, 0.25) is 25.7 Å². The summed E-state index contributed by atoms with van der Waals surface area (Å²) >= 11 is 0. The van der Waals surface area contributed by atoms with Gasteiger partial charge in [-0.15, -0.1) is 0 Å². The molecule has 6 nitrogen and oxygen atoms in total. The molecule has 0 bridgehead atoms. The number of rotatable bonds is 7. The van der Waals surface area contributed by atoms with Crippen LogP contribution < -0.4 is 5.73 Å². The van der Waals surface area contributed by atoms with Gasteiger partial charge in [-0.3, -0.25) is 4.79 Å². The van der Waals surface area contributed by atoms with E-state index >= 15 is 0 Å². The molecule has 0 aliphatic carbocycles. The normalized spacial score (nSPS) is 11.9. The minimum absolute atomic E-state index is 0.331. The lowest BCUT2D eigenvalue weighted by Gasteiger charge is -2.15. The van der Waals surface area contributed by atoms with E-state index in [1.54, 1.807) is 6.20 Å². The highest BCUT2D eigenvalue weighted by atomic mass is 28.3. The molecule has 2 aromatic heterocycles. The molecular formula is C21H28N4O2Si. The number of hydrogen-bond donors (Lipinski definition) is 1. The van der Waals surface area contributed by atoms with Crippen LogP contribution in [0.3, 0.4) is 0 Å². The number of aryl methyl sites for hydroxylation is 2. The first-order chi connectivity index (χ1) is 13.2. The third-order valence-electron chi connectivity index (χ3n) is 4.78. The Kier molecular flexibility index (Phi) is 5.67. The summed E-state index contributed by atoms with van der Waals surface area (Å²) in [6.07, 6.45) is 3.25. The fraction of sp³-hybridized carbons (Fsp3) is 0.381. The number of primary amides is 1. The molecule has 3 rings (SSSR count). The Morgan fingerprint density at radius 2 is 1.96 bits per heavy atom. The van der Waals surface area contributed by atoms with Gasteiger partial charge in [-0.25, -0.2) is 9.97 Å². The number of carbonyl (C=O) groups is 1. The van der Waals surface area contributed by atoms with Crippen molar-refractivity contribution in [2.45, 2.75) is 46.3 Å². The van der Waals surface area contributed by atoms with Crippen molar-refractivity contribution >= 4 is 25.0 Å². The van der Waals surface area contributed by atoms with Crippen LogP contribution in [0.1, 0.15) is 21.5 Å². The monoisotopic (exact) mass is 396 g/mol. The molecule has 7 heteroatoms. The minimum atomic E-state index is -1.16. The Balaban J connectivity index is 2.03. The molecule has 0 aliphatic rings. The number of hydrogen-bond acceptors (Lipinski definition) is 4. The zero-order chi connectivity index (χ0) is 20.5. The van der Waals surface area contributed by atoms with Gasteiger partial charge in [0.15, 0.2) is 0 Å². The quantitative estimate of drug-likeness (QED) is 0.481. The van der Waals surface area contributed by atoms with E-state index in [-0.39, 0.29) is 0 Å². The Morgan fingerprint density at radius 1 is 1.21 bits per heavy atom. The Hall–Kier alpha value is -2.51. The maximum Gasteiger partial charge on any atom is 0.251 e. The fourth-order valence-corrected chi connectivity index (χ4v) is 3.99. The maximum atomic E-state index is 12.1. The van der Waals surface area contributed by atoms with Crippen molar-refractivity contribution in [1.82, 2.24) is 14.5 Å². The number of ether oxygens (including phenoxy) is 1. The molecule has 2 heterocycles. The Labute approximate surface area is 166 Å². The van der Waals surface area contributed by atoms with Gasteiger partial charge in [0.25, 0.3) is 5.91 Å². The molecule has 3 aromatic rings. The highest BCUT2D eigenvalue weighted by Crippen LogP contribution is 2.32. The number of fused-ring (bicyclic) bond motifs is 1. The summed E-state index contributed by atoms with van der Waals surface area (Å²) in [5.74, 6) is -0.494. The van der Waals surface area contributed by atoms with Gasteiger partial charge in [0.2, 0.25) is 0 Å². The molecule has 0 saturated heterocycles. The zero-order valence-corrected chi connectivity index (χ0v) is 18.2. The SMILES string of the molecule is Cc1ccc(-c2ncnc3c2c(C(N)=O)cn3COCC[Si](C)(C)C)c(C)c1. The molecule has 28 heavy (non-hydrogen) atoms. The predicted octanol–water partition coefficient (Wildman–Crippen LogP) is 4.13. The molecule has 0 saturated carbocycles. The van der Waals surface area contributed by atoms with Crippen LogP contribution in [0.5, 0.6) is 0 Å². The standard InChI is InChI=1S/C21H28N4O2Si/c1-14-6-7-16(15(2)10-14)19-18-17(20(22)26)11-25(21(18)24-12-23-19)13-27-8-9-28(3,4)5/h6-7,10-12H,8-9,13H2,1-5H3,(H2,22,26). The molecule has 1 aromatic carbocycles. The van der Waals surface area contributed by atoms with E-state index in [1.807, 2.05) is 23.6 Å². The van der Waals surface area contributed by atoms with Crippen LogP contribution in [0.4, 0.5) is 0 Å². The average molecular weight is 397 g/mol. The summed E-state index contributed by atoms with van der Waals surface area (Å²) < 4.78 is 7.71. The molecule has 0 unspecified atom stereocenters. The largest absolute Gasteiger partial charge is 0.366 e. The fourth-order valence-electron chi connectivity index (χ4n) is 3.23. The van der Waals surface area contributed by atoms with Crippen molar-refractivity contribution in [1.29, 1.82) is 0 Å². The summed E-state index contributed by atoms with van der Waals surface area (Å²) in [4.78, 5) is 21.0. The first kappa shape index (κ1) is 20.2. The summed E-state index contributed by atoms with van der Waals surface area (Å²) in [6.45, 7) is 12.1. The second-order valence-corrected chi connectivity index (χ2v) is 14.1. The van der Waals surface area contributed by atoms with Gasteiger partial charge in [-0.05, 0) is 25.5 Å². The molecule has 148 valence electrons. The molecule has 0 fully saturated rings. The second kappa shape index (κ2) is 7.85. The highest BCUT2D eigenvalue weighted by Gasteiger charge is 2.20. The Morgan fingerprint density at radius 3 is 2.61 bits per heavy atom. The van der Waals surface area contributed by atoms with E-state index in [0.717, 1.165) is 22.9 Å². The number of nitrogens with zero attached hydrogens (tertiary/aromatic N) is 3. The summed E-state index contributed by atoms with van der Waals surface area (Å²) in [5, 5.41) is 0.677. The highest BCUT2D eigenvalue weighted by molar-refractivity contribution is 6.76. The smallest absolute Gasteiger partial charge is 0.251 e. The number of amides is 1. The summed E-state index contributed by atoms with van der Waals surface area (Å²) in [5.41, 5.74) is 10.7. The molecule has 1 amide bonds. The Bertz CT molecular complexity index is 1020. The van der Waals surface area contributed by atoms with Gasteiger partial charge in [0, 0.05) is 26.4 Å². The number of carbonyl (C=O) groups excluding carboxylic acids is 1. The van der Waals surface area contributed by atoms with E-state index in [9.17, 15) is 4.79 Å². The van der Waals surface area contributed by atoms with Crippen LogP contribution in [-0.2, 0) is 11.5 Å². The zero-order valence-electron chi connectivity index (χ0n) is 17.2. The van der Waals surface area contributed by atoms with Crippen molar-refractivity contribution in [3.63, 3.8) is 0 Å². The van der Waals surface area contributed by atoms with Gasteiger partial charge in [-0.1, -0.05) is 43.4 Å². The van der Waals surface area contributed by atoms with Crippen LogP contribution in [0, 0.1) is 13.8 Å². The van der Waals surface area contributed by atoms with E-state index in [1.165, 1.54) is 11.9 Å². The summed E-state index contributed by atoms with van der Waals surface area (Å²) in [6, 6.07) is 7.25. The minimum Gasteiger partial charge on any atom is -0.366 e. The lowest BCUT2D eigenvalue weighted by atomic mass is 10.00. The lowest BCUT2D eigenvalue weighted by Crippen LogP contribution is -2.22. The molecule has 0 atom stereocenters.